The van der Waals surface area contributed by atoms with Gasteiger partial charge in [-0.3, -0.25) is 4.79 Å². The van der Waals surface area contributed by atoms with E-state index in [2.05, 4.69) is 5.32 Å². The second kappa shape index (κ2) is 7.34. The van der Waals surface area contributed by atoms with Gasteiger partial charge in [0.05, 0.1) is 0 Å². The van der Waals surface area contributed by atoms with E-state index in [1.54, 1.807) is 6.08 Å². The van der Waals surface area contributed by atoms with E-state index >= 15 is 0 Å². The summed E-state index contributed by atoms with van der Waals surface area (Å²) in [6.07, 6.45) is 2.44. The molecule has 0 saturated heterocycles. The number of nitrogens with one attached hydrogen (secondary N) is 1. The van der Waals surface area contributed by atoms with Crippen LogP contribution < -0.4 is 10.2 Å². The van der Waals surface area contributed by atoms with Gasteiger partial charge in [0, 0.05) is 25.8 Å². The van der Waals surface area contributed by atoms with Crippen molar-refractivity contribution in [3.63, 3.8) is 0 Å². The molecule has 0 fully saturated rings. The summed E-state index contributed by atoms with van der Waals surface area (Å²) in [4.78, 5) is 13.9. The largest absolute Gasteiger partial charge is 0.378 e. The van der Waals surface area contributed by atoms with Crippen molar-refractivity contribution in [3.8, 4) is 6.07 Å². The number of hydrogen-bond acceptors (Lipinski definition) is 3. The summed E-state index contributed by atoms with van der Waals surface area (Å²) in [6.45, 7) is 3.90. The molecule has 1 rings (SSSR count). The standard InChI is InChI=1S/C16H21N3O/c1-5-12(2)18-16(20)14(11-17)10-13-6-8-15(9-7-13)19(3)4/h6-10,12H,5H2,1-4H3,(H,18,20)/b14-10+/t12-/m1/s1. The number of amides is 1. The average Bonchev–Trinajstić information content (AvgIpc) is 2.44. The Bertz CT molecular complexity index is 524. The van der Waals surface area contributed by atoms with Gasteiger partial charge < -0.3 is 10.2 Å². The highest BCUT2D eigenvalue weighted by Crippen LogP contribution is 2.14. The molecule has 0 spiro atoms. The van der Waals surface area contributed by atoms with Gasteiger partial charge in [-0.15, -0.1) is 0 Å². The van der Waals surface area contributed by atoms with Crippen LogP contribution in [0.1, 0.15) is 25.8 Å². The average molecular weight is 271 g/mol. The Kier molecular flexibility index (Phi) is 5.79. The van der Waals surface area contributed by atoms with Crippen molar-refractivity contribution >= 4 is 17.7 Å². The Balaban J connectivity index is 2.89. The normalized spacial score (nSPS) is 12.4. The zero-order valence-corrected chi connectivity index (χ0v) is 12.5. The molecule has 20 heavy (non-hydrogen) atoms. The van der Waals surface area contributed by atoms with Gasteiger partial charge in [-0.2, -0.15) is 5.26 Å². The second-order valence-electron chi connectivity index (χ2n) is 4.94. The van der Waals surface area contributed by atoms with E-state index in [-0.39, 0.29) is 17.5 Å². The van der Waals surface area contributed by atoms with Gasteiger partial charge in [0.1, 0.15) is 11.6 Å². The van der Waals surface area contributed by atoms with E-state index < -0.39 is 0 Å². The van der Waals surface area contributed by atoms with Gasteiger partial charge in [0.2, 0.25) is 0 Å². The van der Waals surface area contributed by atoms with E-state index in [1.165, 1.54) is 0 Å². The predicted octanol–water partition coefficient (Wildman–Crippen LogP) is 2.57. The molecule has 0 aliphatic rings. The summed E-state index contributed by atoms with van der Waals surface area (Å²) >= 11 is 0. The van der Waals surface area contributed by atoms with Crippen LogP contribution in [0.2, 0.25) is 0 Å². The molecule has 0 unspecified atom stereocenters. The maximum atomic E-state index is 11.9. The summed E-state index contributed by atoms with van der Waals surface area (Å²) < 4.78 is 0. The van der Waals surface area contributed by atoms with E-state index in [4.69, 9.17) is 5.26 Å². The van der Waals surface area contributed by atoms with E-state index in [0.29, 0.717) is 0 Å². The van der Waals surface area contributed by atoms with Crippen molar-refractivity contribution in [2.75, 3.05) is 19.0 Å². The number of carbonyl (C=O) groups excluding carboxylic acids is 1. The lowest BCUT2D eigenvalue weighted by molar-refractivity contribution is -0.117. The number of carbonyl (C=O) groups is 1. The van der Waals surface area contributed by atoms with Crippen LogP contribution in [0.15, 0.2) is 29.8 Å². The number of nitrogens with zero attached hydrogens (tertiary/aromatic N) is 2. The predicted molar refractivity (Wildman–Crippen MR) is 82.3 cm³/mol. The molecule has 0 saturated carbocycles. The van der Waals surface area contributed by atoms with E-state index in [0.717, 1.165) is 17.7 Å². The topological polar surface area (TPSA) is 56.1 Å². The van der Waals surface area contributed by atoms with Gasteiger partial charge in [-0.1, -0.05) is 19.1 Å². The fraction of sp³-hybridized carbons (Fsp3) is 0.375. The molecule has 106 valence electrons. The van der Waals surface area contributed by atoms with Crippen LogP contribution in [0.5, 0.6) is 0 Å². The Morgan fingerprint density at radius 2 is 2.00 bits per heavy atom. The lowest BCUT2D eigenvalue weighted by Crippen LogP contribution is -2.32. The third-order valence-electron chi connectivity index (χ3n) is 3.08. The zero-order valence-electron chi connectivity index (χ0n) is 12.5. The van der Waals surface area contributed by atoms with E-state index in [9.17, 15) is 4.79 Å². The van der Waals surface area contributed by atoms with Crippen molar-refractivity contribution in [1.29, 1.82) is 5.26 Å². The van der Waals surface area contributed by atoms with Crippen LogP contribution >= 0.6 is 0 Å². The molecule has 1 aromatic carbocycles. The number of nitriles is 1. The highest BCUT2D eigenvalue weighted by Gasteiger charge is 2.11. The lowest BCUT2D eigenvalue weighted by atomic mass is 10.1. The first-order valence-electron chi connectivity index (χ1n) is 6.68. The molecule has 1 N–H and O–H groups in total. The van der Waals surface area contributed by atoms with Gasteiger partial charge in [-0.25, -0.2) is 0 Å². The third-order valence-corrected chi connectivity index (χ3v) is 3.08. The van der Waals surface area contributed by atoms with Crippen molar-refractivity contribution in [2.45, 2.75) is 26.3 Å². The summed E-state index contributed by atoms with van der Waals surface area (Å²) in [6, 6.07) is 9.71. The molecular weight excluding hydrogens is 250 g/mol. The third kappa shape index (κ3) is 4.43. The zero-order chi connectivity index (χ0) is 15.1. The van der Waals surface area contributed by atoms with Gasteiger partial charge in [0.15, 0.2) is 0 Å². The molecular formula is C16H21N3O. The monoisotopic (exact) mass is 271 g/mol. The molecule has 1 atom stereocenters. The first kappa shape index (κ1) is 15.8. The molecule has 0 aliphatic carbocycles. The fourth-order valence-electron chi connectivity index (χ4n) is 1.59. The van der Waals surface area contributed by atoms with Crippen molar-refractivity contribution in [3.05, 3.63) is 35.4 Å². The molecule has 4 nitrogen and oxygen atoms in total. The summed E-state index contributed by atoms with van der Waals surface area (Å²) in [5.74, 6) is -0.321. The van der Waals surface area contributed by atoms with Gasteiger partial charge in [0.25, 0.3) is 5.91 Å². The van der Waals surface area contributed by atoms with Gasteiger partial charge >= 0.3 is 0 Å². The maximum absolute atomic E-state index is 11.9. The molecule has 0 aromatic heterocycles. The van der Waals surface area contributed by atoms with Crippen LogP contribution in [-0.4, -0.2) is 26.0 Å². The van der Waals surface area contributed by atoms with E-state index in [1.807, 2.05) is 63.2 Å². The first-order chi connectivity index (χ1) is 9.47. The molecule has 4 heteroatoms. The van der Waals surface area contributed by atoms with Crippen LogP contribution in [0.3, 0.4) is 0 Å². The quantitative estimate of drug-likeness (QED) is 0.661. The molecule has 0 heterocycles. The Labute approximate surface area is 120 Å². The summed E-state index contributed by atoms with van der Waals surface area (Å²) in [5.41, 5.74) is 2.04. The molecule has 0 aliphatic heterocycles. The van der Waals surface area contributed by atoms with Crippen molar-refractivity contribution < 1.29 is 4.79 Å². The fourth-order valence-corrected chi connectivity index (χ4v) is 1.59. The second-order valence-corrected chi connectivity index (χ2v) is 4.94. The minimum absolute atomic E-state index is 0.0652. The van der Waals surface area contributed by atoms with Crippen LogP contribution in [0, 0.1) is 11.3 Å². The summed E-state index contributed by atoms with van der Waals surface area (Å²) in [7, 11) is 3.93. The molecule has 0 radical (unpaired) electrons. The highest BCUT2D eigenvalue weighted by molar-refractivity contribution is 6.01. The number of hydrogen-bond donors (Lipinski definition) is 1. The molecule has 1 amide bonds. The maximum Gasteiger partial charge on any atom is 0.262 e. The Morgan fingerprint density at radius 1 is 1.40 bits per heavy atom. The minimum Gasteiger partial charge on any atom is -0.378 e. The molecule has 0 bridgehead atoms. The van der Waals surface area contributed by atoms with Crippen LogP contribution in [-0.2, 0) is 4.79 Å². The first-order valence-corrected chi connectivity index (χ1v) is 6.68. The number of benzene rings is 1. The Morgan fingerprint density at radius 3 is 2.45 bits per heavy atom. The number of rotatable bonds is 5. The minimum atomic E-state index is -0.321. The van der Waals surface area contributed by atoms with Crippen LogP contribution in [0.25, 0.3) is 6.08 Å². The van der Waals surface area contributed by atoms with Crippen molar-refractivity contribution in [2.24, 2.45) is 0 Å². The lowest BCUT2D eigenvalue weighted by Gasteiger charge is -2.12. The molecule has 1 aromatic rings. The SMILES string of the molecule is CC[C@@H](C)NC(=O)/C(C#N)=C/c1ccc(N(C)C)cc1. The Hall–Kier alpha value is -2.28. The van der Waals surface area contributed by atoms with Crippen LogP contribution in [0.4, 0.5) is 5.69 Å². The highest BCUT2D eigenvalue weighted by atomic mass is 16.1. The van der Waals surface area contributed by atoms with Gasteiger partial charge in [-0.05, 0) is 37.1 Å². The van der Waals surface area contributed by atoms with Crippen molar-refractivity contribution in [1.82, 2.24) is 5.32 Å². The smallest absolute Gasteiger partial charge is 0.262 e. The number of anilines is 1. The summed E-state index contributed by atoms with van der Waals surface area (Å²) in [5, 5.41) is 11.9.